The average Bonchev–Trinajstić information content (AvgIpc) is 3.09. The molecule has 6 heteroatoms. The van der Waals surface area contributed by atoms with E-state index in [1.807, 2.05) is 0 Å². The van der Waals surface area contributed by atoms with Gasteiger partial charge in [0.05, 0.1) is 6.04 Å². The van der Waals surface area contributed by atoms with Crippen LogP contribution in [0.3, 0.4) is 0 Å². The van der Waals surface area contributed by atoms with Crippen LogP contribution in [0.4, 0.5) is 4.39 Å². The van der Waals surface area contributed by atoms with Crippen molar-refractivity contribution in [3.63, 3.8) is 0 Å². The molecule has 2 aliphatic rings. The highest BCUT2D eigenvalue weighted by Gasteiger charge is 2.35. The summed E-state index contributed by atoms with van der Waals surface area (Å²) in [6, 6.07) is -0.232. The van der Waals surface area contributed by atoms with Gasteiger partial charge in [0.1, 0.15) is 0 Å². The minimum absolute atomic E-state index is 0.232. The molecule has 2 fully saturated rings. The Morgan fingerprint density at radius 3 is 2.77 bits per heavy atom. The third-order valence-electron chi connectivity index (χ3n) is 5.00. The fourth-order valence-corrected chi connectivity index (χ4v) is 3.79. The normalized spacial score (nSPS) is 25.1. The second kappa shape index (κ2) is 7.20. The summed E-state index contributed by atoms with van der Waals surface area (Å²) >= 11 is 0. The van der Waals surface area contributed by atoms with Crippen LogP contribution in [-0.2, 0) is 4.79 Å². The largest absolute Gasteiger partial charge is 0.343 e. The molecular weight excluding hydrogens is 285 g/mol. The predicted octanol–water partition coefficient (Wildman–Crippen LogP) is 3.43. The van der Waals surface area contributed by atoms with E-state index >= 15 is 0 Å². The van der Waals surface area contributed by atoms with Crippen LogP contribution in [0.5, 0.6) is 0 Å². The maximum Gasteiger partial charge on any atom is 0.257 e. The van der Waals surface area contributed by atoms with Gasteiger partial charge >= 0.3 is 0 Å². The molecule has 3 rings (SSSR count). The molecular formula is C16H24FN3O2. The van der Waals surface area contributed by atoms with Crippen molar-refractivity contribution < 1.29 is 13.7 Å². The lowest BCUT2D eigenvalue weighted by molar-refractivity contribution is -0.141. The molecule has 1 aliphatic heterocycles. The Balaban J connectivity index is 1.63. The van der Waals surface area contributed by atoms with Gasteiger partial charge in [-0.05, 0) is 31.6 Å². The standard InChI is InChI=1S/C16H24FN3O2/c17-13(10-12-6-2-1-3-7-12)16(21)20-9-5-4-8-14(20)15-18-11-22-19-15/h11-14H,1-10H2/t13-,14+/m1/s1. The summed E-state index contributed by atoms with van der Waals surface area (Å²) in [6.45, 7) is 0.586. The van der Waals surface area contributed by atoms with Crippen molar-refractivity contribution in [2.24, 2.45) is 5.92 Å². The van der Waals surface area contributed by atoms with E-state index in [4.69, 9.17) is 4.52 Å². The van der Waals surface area contributed by atoms with Gasteiger partial charge in [-0.3, -0.25) is 4.79 Å². The number of hydrogen-bond acceptors (Lipinski definition) is 4. The van der Waals surface area contributed by atoms with E-state index in [-0.39, 0.29) is 11.9 Å². The highest BCUT2D eigenvalue weighted by molar-refractivity contribution is 5.81. The quantitative estimate of drug-likeness (QED) is 0.855. The zero-order chi connectivity index (χ0) is 15.4. The number of alkyl halides is 1. The number of likely N-dealkylation sites (tertiary alicyclic amines) is 1. The van der Waals surface area contributed by atoms with Crippen molar-refractivity contribution in [1.82, 2.24) is 15.0 Å². The lowest BCUT2D eigenvalue weighted by Gasteiger charge is -2.35. The van der Waals surface area contributed by atoms with Crippen molar-refractivity contribution in [3.8, 4) is 0 Å². The Labute approximate surface area is 130 Å². The van der Waals surface area contributed by atoms with Crippen LogP contribution in [0.2, 0.25) is 0 Å². The Morgan fingerprint density at radius 1 is 1.27 bits per heavy atom. The molecule has 1 aliphatic carbocycles. The number of amides is 1. The van der Waals surface area contributed by atoms with E-state index < -0.39 is 6.17 Å². The maximum atomic E-state index is 14.5. The SMILES string of the molecule is O=C([C@H](F)CC1CCCCC1)N1CCCC[C@H]1c1ncon1. The summed E-state index contributed by atoms with van der Waals surface area (Å²) < 4.78 is 19.3. The van der Waals surface area contributed by atoms with E-state index in [0.29, 0.717) is 24.7 Å². The van der Waals surface area contributed by atoms with Gasteiger partial charge in [0.15, 0.2) is 12.0 Å². The third kappa shape index (κ3) is 3.47. The monoisotopic (exact) mass is 309 g/mol. The van der Waals surface area contributed by atoms with Crippen LogP contribution in [0.25, 0.3) is 0 Å². The molecule has 0 radical (unpaired) electrons. The molecule has 1 amide bonds. The number of rotatable bonds is 4. The number of halogens is 1. The number of aromatic nitrogens is 2. The molecule has 1 saturated heterocycles. The summed E-state index contributed by atoms with van der Waals surface area (Å²) in [6.07, 6.45) is 8.63. The molecule has 0 N–H and O–H groups in total. The van der Waals surface area contributed by atoms with Gasteiger partial charge in [-0.15, -0.1) is 0 Å². The lowest BCUT2D eigenvalue weighted by Crippen LogP contribution is -2.43. The third-order valence-corrected chi connectivity index (χ3v) is 5.00. The van der Waals surface area contributed by atoms with Crippen LogP contribution < -0.4 is 0 Å². The van der Waals surface area contributed by atoms with E-state index in [2.05, 4.69) is 10.1 Å². The van der Waals surface area contributed by atoms with Crippen LogP contribution in [-0.4, -0.2) is 33.7 Å². The number of carbonyl (C=O) groups excluding carboxylic acids is 1. The van der Waals surface area contributed by atoms with E-state index in [1.54, 1.807) is 4.90 Å². The molecule has 0 aromatic carbocycles. The smallest absolute Gasteiger partial charge is 0.257 e. The fourth-order valence-electron chi connectivity index (χ4n) is 3.79. The van der Waals surface area contributed by atoms with E-state index in [1.165, 1.54) is 25.7 Å². The molecule has 0 unspecified atom stereocenters. The Hall–Kier alpha value is -1.46. The van der Waals surface area contributed by atoms with Crippen molar-refractivity contribution in [2.75, 3.05) is 6.54 Å². The molecule has 22 heavy (non-hydrogen) atoms. The molecule has 2 atom stereocenters. The first-order valence-corrected chi connectivity index (χ1v) is 8.46. The summed E-state index contributed by atoms with van der Waals surface area (Å²) in [5.41, 5.74) is 0. The van der Waals surface area contributed by atoms with Crippen LogP contribution >= 0.6 is 0 Å². The van der Waals surface area contributed by atoms with Crippen molar-refractivity contribution in [1.29, 1.82) is 0 Å². The number of hydrogen-bond donors (Lipinski definition) is 0. The van der Waals surface area contributed by atoms with Crippen LogP contribution in [0, 0.1) is 5.92 Å². The molecule has 122 valence electrons. The first-order chi connectivity index (χ1) is 10.8. The van der Waals surface area contributed by atoms with Gasteiger partial charge in [0.25, 0.3) is 5.91 Å². The highest BCUT2D eigenvalue weighted by atomic mass is 19.1. The summed E-state index contributed by atoms with van der Waals surface area (Å²) in [5.74, 6) is 0.471. The summed E-state index contributed by atoms with van der Waals surface area (Å²) in [5, 5.41) is 3.85. The fraction of sp³-hybridized carbons (Fsp3) is 0.812. The van der Waals surface area contributed by atoms with Crippen molar-refractivity contribution in [3.05, 3.63) is 12.2 Å². The zero-order valence-corrected chi connectivity index (χ0v) is 12.9. The van der Waals surface area contributed by atoms with Gasteiger partial charge in [0.2, 0.25) is 6.39 Å². The molecule has 0 bridgehead atoms. The van der Waals surface area contributed by atoms with Gasteiger partial charge in [-0.25, -0.2) is 4.39 Å². The Bertz CT molecular complexity index is 474. The summed E-state index contributed by atoms with van der Waals surface area (Å²) in [7, 11) is 0. The predicted molar refractivity (Wildman–Crippen MR) is 78.7 cm³/mol. The van der Waals surface area contributed by atoms with Crippen LogP contribution in [0.15, 0.2) is 10.9 Å². The molecule has 2 heterocycles. The van der Waals surface area contributed by atoms with E-state index in [9.17, 15) is 9.18 Å². The zero-order valence-electron chi connectivity index (χ0n) is 12.9. The summed E-state index contributed by atoms with van der Waals surface area (Å²) in [4.78, 5) is 18.2. The molecule has 1 aromatic rings. The lowest BCUT2D eigenvalue weighted by atomic mass is 9.85. The molecule has 0 spiro atoms. The van der Waals surface area contributed by atoms with Gasteiger partial charge in [-0.1, -0.05) is 37.3 Å². The van der Waals surface area contributed by atoms with Crippen LogP contribution in [0.1, 0.15) is 69.7 Å². The molecule has 5 nitrogen and oxygen atoms in total. The van der Waals surface area contributed by atoms with E-state index in [0.717, 1.165) is 32.1 Å². The number of nitrogens with zero attached hydrogens (tertiary/aromatic N) is 3. The molecule has 1 saturated carbocycles. The van der Waals surface area contributed by atoms with Gasteiger partial charge < -0.3 is 9.42 Å². The second-order valence-corrected chi connectivity index (χ2v) is 6.54. The van der Waals surface area contributed by atoms with Crippen molar-refractivity contribution >= 4 is 5.91 Å². The molecule has 1 aromatic heterocycles. The van der Waals surface area contributed by atoms with Crippen molar-refractivity contribution in [2.45, 2.75) is 70.0 Å². The number of piperidine rings is 1. The minimum atomic E-state index is -1.39. The first kappa shape index (κ1) is 15.4. The minimum Gasteiger partial charge on any atom is -0.343 e. The Kier molecular flexibility index (Phi) is 5.05. The maximum absolute atomic E-state index is 14.5. The average molecular weight is 309 g/mol. The highest BCUT2D eigenvalue weighted by Crippen LogP contribution is 2.32. The van der Waals surface area contributed by atoms with Gasteiger partial charge in [0, 0.05) is 6.54 Å². The topological polar surface area (TPSA) is 59.2 Å². The van der Waals surface area contributed by atoms with Gasteiger partial charge in [-0.2, -0.15) is 4.98 Å². The first-order valence-electron chi connectivity index (χ1n) is 8.46. The second-order valence-electron chi connectivity index (χ2n) is 6.54. The Morgan fingerprint density at radius 2 is 2.05 bits per heavy atom. The number of carbonyl (C=O) groups is 1.